The van der Waals surface area contributed by atoms with Crippen LogP contribution >= 0.6 is 11.3 Å². The van der Waals surface area contributed by atoms with Crippen molar-refractivity contribution in [3.8, 4) is 0 Å². The van der Waals surface area contributed by atoms with E-state index in [4.69, 9.17) is 0 Å². The van der Waals surface area contributed by atoms with Crippen molar-refractivity contribution in [2.75, 3.05) is 22.1 Å². The molecular weight excluding hydrogens is 438 g/mol. The quantitative estimate of drug-likeness (QED) is 0.546. The molecule has 1 aliphatic rings. The summed E-state index contributed by atoms with van der Waals surface area (Å²) in [6.45, 7) is 4.39. The van der Waals surface area contributed by atoms with Crippen LogP contribution in [0.5, 0.6) is 0 Å². The Hall–Kier alpha value is -3.59. The first-order valence-corrected chi connectivity index (χ1v) is 11.7. The van der Waals surface area contributed by atoms with Crippen molar-refractivity contribution >= 4 is 45.6 Å². The molecule has 2 aromatic carbocycles. The standard InChI is InChI=1S/C24H25N5O3S/c1-3-15-8-10-19(11-9-15)29-14-17(13-21(29)31)23-27-28-24(33-23)26-22(32)16-6-5-7-18(12-16)25-20(30)4-2/h5-12,17H,3-4,13-14H2,1-2H3,(H,25,30)(H,26,28,32)/t17-/m1/s1. The summed E-state index contributed by atoms with van der Waals surface area (Å²) in [7, 11) is 0. The van der Waals surface area contributed by atoms with Gasteiger partial charge in [-0.1, -0.05) is 43.4 Å². The summed E-state index contributed by atoms with van der Waals surface area (Å²) in [6, 6.07) is 14.7. The fraction of sp³-hybridized carbons (Fsp3) is 0.292. The molecule has 9 heteroatoms. The second kappa shape index (κ2) is 9.91. The Bertz CT molecular complexity index is 1170. The molecule has 1 fully saturated rings. The molecule has 3 amide bonds. The predicted octanol–water partition coefficient (Wildman–Crippen LogP) is 4.22. The molecule has 1 saturated heterocycles. The number of aryl methyl sites for hydroxylation is 1. The highest BCUT2D eigenvalue weighted by Gasteiger charge is 2.34. The Morgan fingerprint density at radius 1 is 1.09 bits per heavy atom. The van der Waals surface area contributed by atoms with E-state index in [1.54, 1.807) is 36.1 Å². The van der Waals surface area contributed by atoms with Gasteiger partial charge in [0.1, 0.15) is 5.01 Å². The number of hydrogen-bond donors (Lipinski definition) is 2. The van der Waals surface area contributed by atoms with Crippen molar-refractivity contribution in [1.82, 2.24) is 10.2 Å². The van der Waals surface area contributed by atoms with Gasteiger partial charge in [0.2, 0.25) is 16.9 Å². The maximum absolute atomic E-state index is 12.6. The highest BCUT2D eigenvalue weighted by molar-refractivity contribution is 7.15. The normalized spacial score (nSPS) is 15.5. The van der Waals surface area contributed by atoms with Gasteiger partial charge >= 0.3 is 0 Å². The van der Waals surface area contributed by atoms with Crippen LogP contribution < -0.4 is 15.5 Å². The lowest BCUT2D eigenvalue weighted by Crippen LogP contribution is -2.24. The van der Waals surface area contributed by atoms with Gasteiger partial charge in [0.25, 0.3) is 5.91 Å². The molecule has 170 valence electrons. The lowest BCUT2D eigenvalue weighted by molar-refractivity contribution is -0.117. The number of aromatic nitrogens is 2. The van der Waals surface area contributed by atoms with Crippen LogP contribution in [0.2, 0.25) is 0 Å². The fourth-order valence-corrected chi connectivity index (χ4v) is 4.47. The van der Waals surface area contributed by atoms with Gasteiger partial charge in [0.05, 0.1) is 0 Å². The number of carbonyl (C=O) groups excluding carboxylic acids is 3. The summed E-state index contributed by atoms with van der Waals surface area (Å²) in [6.07, 6.45) is 1.67. The Kier molecular flexibility index (Phi) is 6.79. The van der Waals surface area contributed by atoms with Gasteiger partial charge in [-0.15, -0.1) is 10.2 Å². The van der Waals surface area contributed by atoms with Crippen LogP contribution in [0.4, 0.5) is 16.5 Å². The predicted molar refractivity (Wildman–Crippen MR) is 129 cm³/mol. The molecule has 2 heterocycles. The number of nitrogens with zero attached hydrogens (tertiary/aromatic N) is 3. The second-order valence-corrected chi connectivity index (χ2v) is 8.82. The Balaban J connectivity index is 1.41. The molecule has 0 radical (unpaired) electrons. The van der Waals surface area contributed by atoms with Crippen molar-refractivity contribution in [2.45, 2.75) is 39.0 Å². The second-order valence-electron chi connectivity index (χ2n) is 7.81. The van der Waals surface area contributed by atoms with E-state index in [0.29, 0.717) is 35.8 Å². The van der Waals surface area contributed by atoms with Gasteiger partial charge in [0, 0.05) is 42.2 Å². The van der Waals surface area contributed by atoms with E-state index in [1.165, 1.54) is 16.9 Å². The number of rotatable bonds is 7. The van der Waals surface area contributed by atoms with Crippen molar-refractivity contribution in [3.63, 3.8) is 0 Å². The van der Waals surface area contributed by atoms with Crippen molar-refractivity contribution in [1.29, 1.82) is 0 Å². The number of anilines is 3. The first-order valence-electron chi connectivity index (χ1n) is 10.9. The zero-order chi connectivity index (χ0) is 23.4. The smallest absolute Gasteiger partial charge is 0.257 e. The third-order valence-corrected chi connectivity index (χ3v) is 6.52. The first kappa shape index (κ1) is 22.6. The molecule has 0 spiro atoms. The van der Waals surface area contributed by atoms with E-state index in [-0.39, 0.29) is 23.6 Å². The van der Waals surface area contributed by atoms with Gasteiger partial charge in [-0.3, -0.25) is 19.7 Å². The monoisotopic (exact) mass is 463 g/mol. The molecule has 1 aromatic heterocycles. The molecule has 0 unspecified atom stereocenters. The Labute approximate surface area is 196 Å². The summed E-state index contributed by atoms with van der Waals surface area (Å²) >= 11 is 1.27. The van der Waals surface area contributed by atoms with Crippen LogP contribution in [0.3, 0.4) is 0 Å². The minimum atomic E-state index is -0.342. The first-order chi connectivity index (χ1) is 16.0. The third-order valence-electron chi connectivity index (χ3n) is 5.52. The molecule has 0 aliphatic carbocycles. The lowest BCUT2D eigenvalue weighted by atomic mass is 10.1. The van der Waals surface area contributed by atoms with E-state index in [9.17, 15) is 14.4 Å². The van der Waals surface area contributed by atoms with Gasteiger partial charge in [-0.25, -0.2) is 0 Å². The zero-order valence-electron chi connectivity index (χ0n) is 18.5. The summed E-state index contributed by atoms with van der Waals surface area (Å²) in [5.41, 5.74) is 3.07. The van der Waals surface area contributed by atoms with Gasteiger partial charge in [0.15, 0.2) is 0 Å². The van der Waals surface area contributed by atoms with Crippen LogP contribution in [0.1, 0.15) is 53.5 Å². The molecule has 0 bridgehead atoms. The maximum atomic E-state index is 12.6. The SMILES string of the molecule is CCC(=O)Nc1cccc(C(=O)Nc2nnc([C@@H]3CC(=O)N(c4ccc(CC)cc4)C3)s2)c1. The van der Waals surface area contributed by atoms with E-state index in [0.717, 1.165) is 17.1 Å². The summed E-state index contributed by atoms with van der Waals surface area (Å²) < 4.78 is 0. The molecular formula is C24H25N5O3S. The molecule has 3 aromatic rings. The largest absolute Gasteiger partial charge is 0.326 e. The molecule has 1 atom stereocenters. The van der Waals surface area contributed by atoms with E-state index >= 15 is 0 Å². The summed E-state index contributed by atoms with van der Waals surface area (Å²) in [5.74, 6) is -0.483. The van der Waals surface area contributed by atoms with E-state index in [2.05, 4.69) is 27.8 Å². The third kappa shape index (κ3) is 5.25. The molecule has 4 rings (SSSR count). The molecule has 33 heavy (non-hydrogen) atoms. The highest BCUT2D eigenvalue weighted by atomic mass is 32.1. The summed E-state index contributed by atoms with van der Waals surface area (Å²) in [5, 5.41) is 14.9. The molecule has 8 nitrogen and oxygen atoms in total. The number of carbonyl (C=O) groups is 3. The Morgan fingerprint density at radius 2 is 1.88 bits per heavy atom. The van der Waals surface area contributed by atoms with Crippen molar-refractivity contribution in [2.24, 2.45) is 0 Å². The van der Waals surface area contributed by atoms with Crippen LogP contribution in [-0.2, 0) is 16.0 Å². The van der Waals surface area contributed by atoms with Crippen LogP contribution in [-0.4, -0.2) is 34.5 Å². The summed E-state index contributed by atoms with van der Waals surface area (Å²) in [4.78, 5) is 38.6. The van der Waals surface area contributed by atoms with E-state index in [1.807, 2.05) is 24.3 Å². The van der Waals surface area contributed by atoms with Crippen molar-refractivity contribution in [3.05, 3.63) is 64.7 Å². The molecule has 2 N–H and O–H groups in total. The average Bonchev–Trinajstić information content (AvgIpc) is 3.45. The number of benzene rings is 2. The van der Waals surface area contributed by atoms with Crippen LogP contribution in [0.25, 0.3) is 0 Å². The van der Waals surface area contributed by atoms with Crippen LogP contribution in [0, 0.1) is 0 Å². The van der Waals surface area contributed by atoms with E-state index < -0.39 is 0 Å². The zero-order valence-corrected chi connectivity index (χ0v) is 19.3. The molecule has 1 aliphatic heterocycles. The van der Waals surface area contributed by atoms with Crippen molar-refractivity contribution < 1.29 is 14.4 Å². The lowest BCUT2D eigenvalue weighted by Gasteiger charge is -2.16. The minimum Gasteiger partial charge on any atom is -0.326 e. The minimum absolute atomic E-state index is 0.0518. The fourth-order valence-electron chi connectivity index (χ4n) is 3.64. The van der Waals surface area contributed by atoms with Crippen LogP contribution in [0.15, 0.2) is 48.5 Å². The number of hydrogen-bond acceptors (Lipinski definition) is 6. The highest BCUT2D eigenvalue weighted by Crippen LogP contribution is 2.34. The Morgan fingerprint density at radius 3 is 2.61 bits per heavy atom. The average molecular weight is 464 g/mol. The van der Waals surface area contributed by atoms with Gasteiger partial charge in [-0.2, -0.15) is 0 Å². The van der Waals surface area contributed by atoms with Gasteiger partial charge in [-0.05, 0) is 42.3 Å². The van der Waals surface area contributed by atoms with Gasteiger partial charge < -0.3 is 10.2 Å². The molecule has 0 saturated carbocycles. The topological polar surface area (TPSA) is 104 Å². The number of nitrogens with one attached hydrogen (secondary N) is 2. The number of amides is 3. The maximum Gasteiger partial charge on any atom is 0.257 e.